The van der Waals surface area contributed by atoms with E-state index in [1.54, 1.807) is 24.3 Å². The molecule has 0 fully saturated rings. The van der Waals surface area contributed by atoms with Gasteiger partial charge in [-0.05, 0) is 35.7 Å². The fourth-order valence-electron chi connectivity index (χ4n) is 2.55. The number of hydrogen-bond acceptors (Lipinski definition) is 6. The first-order valence-electron chi connectivity index (χ1n) is 8.90. The summed E-state index contributed by atoms with van der Waals surface area (Å²) in [5.74, 6) is 0.408. The Kier molecular flexibility index (Phi) is 5.84. The molecular formula is C21H21N3O4. The standard InChI is InChI=1S/C21H21N3O4/c1-13(2)15-4-6-16(7-5-15)20-23-19(28-24-20)12-27-21(26)17-8-10-18(11-9-17)22-14(3)25/h4-11,13H,12H2,1-3H3,(H,22,25). The minimum Gasteiger partial charge on any atom is -0.452 e. The zero-order valence-corrected chi connectivity index (χ0v) is 15.9. The summed E-state index contributed by atoms with van der Waals surface area (Å²) in [5.41, 5.74) is 3.03. The third-order valence-electron chi connectivity index (χ3n) is 4.07. The van der Waals surface area contributed by atoms with Crippen LogP contribution >= 0.6 is 0 Å². The van der Waals surface area contributed by atoms with Crippen molar-refractivity contribution in [2.24, 2.45) is 0 Å². The number of amides is 1. The Labute approximate surface area is 162 Å². The van der Waals surface area contributed by atoms with Gasteiger partial charge in [0, 0.05) is 18.2 Å². The van der Waals surface area contributed by atoms with Crippen LogP contribution in [0, 0.1) is 0 Å². The molecule has 0 unspecified atom stereocenters. The molecule has 3 rings (SSSR count). The average Bonchev–Trinajstić information content (AvgIpc) is 3.15. The maximum Gasteiger partial charge on any atom is 0.338 e. The summed E-state index contributed by atoms with van der Waals surface area (Å²) in [6.07, 6.45) is 0. The lowest BCUT2D eigenvalue weighted by Crippen LogP contribution is -2.08. The van der Waals surface area contributed by atoms with Gasteiger partial charge in [0.2, 0.25) is 11.7 Å². The zero-order chi connectivity index (χ0) is 20.1. The van der Waals surface area contributed by atoms with Crippen molar-refractivity contribution < 1.29 is 18.8 Å². The van der Waals surface area contributed by atoms with Gasteiger partial charge in [-0.3, -0.25) is 4.79 Å². The second-order valence-electron chi connectivity index (χ2n) is 6.62. The monoisotopic (exact) mass is 379 g/mol. The minimum absolute atomic E-state index is 0.122. The van der Waals surface area contributed by atoms with Gasteiger partial charge in [0.1, 0.15) is 0 Å². The predicted octanol–water partition coefficient (Wildman–Crippen LogP) is 4.18. The second kappa shape index (κ2) is 8.47. The molecule has 1 heterocycles. The number of nitrogens with zero attached hydrogens (tertiary/aromatic N) is 2. The molecule has 1 N–H and O–H groups in total. The van der Waals surface area contributed by atoms with E-state index < -0.39 is 5.97 Å². The van der Waals surface area contributed by atoms with Gasteiger partial charge in [0.05, 0.1) is 5.56 Å². The van der Waals surface area contributed by atoms with E-state index >= 15 is 0 Å². The van der Waals surface area contributed by atoms with Crippen LogP contribution in [0.15, 0.2) is 53.1 Å². The van der Waals surface area contributed by atoms with Crippen molar-refractivity contribution in [1.82, 2.24) is 10.1 Å². The van der Waals surface area contributed by atoms with Gasteiger partial charge < -0.3 is 14.6 Å². The third kappa shape index (κ3) is 4.82. The fraction of sp³-hybridized carbons (Fsp3) is 0.238. The number of hydrogen-bond donors (Lipinski definition) is 1. The van der Waals surface area contributed by atoms with Crippen LogP contribution in [0.5, 0.6) is 0 Å². The summed E-state index contributed by atoms with van der Waals surface area (Å²) in [6.45, 7) is 5.55. The number of aromatic nitrogens is 2. The van der Waals surface area contributed by atoms with Crippen LogP contribution < -0.4 is 5.32 Å². The smallest absolute Gasteiger partial charge is 0.338 e. The van der Waals surface area contributed by atoms with Gasteiger partial charge in [-0.15, -0.1) is 0 Å². The highest BCUT2D eigenvalue weighted by atomic mass is 16.6. The Balaban J connectivity index is 1.59. The van der Waals surface area contributed by atoms with Crippen LogP contribution in [-0.2, 0) is 16.1 Å². The lowest BCUT2D eigenvalue weighted by atomic mass is 10.0. The van der Waals surface area contributed by atoms with Gasteiger partial charge in [-0.25, -0.2) is 4.79 Å². The molecule has 3 aromatic rings. The first kappa shape index (κ1) is 19.3. The van der Waals surface area contributed by atoms with E-state index in [-0.39, 0.29) is 18.4 Å². The van der Waals surface area contributed by atoms with Crippen LogP contribution in [0.1, 0.15) is 48.5 Å². The molecular weight excluding hydrogens is 358 g/mol. The second-order valence-corrected chi connectivity index (χ2v) is 6.62. The van der Waals surface area contributed by atoms with E-state index in [0.717, 1.165) is 5.56 Å². The molecule has 0 radical (unpaired) electrons. The molecule has 144 valence electrons. The number of carbonyl (C=O) groups is 2. The quantitative estimate of drug-likeness (QED) is 0.646. The molecule has 1 amide bonds. The summed E-state index contributed by atoms with van der Waals surface area (Å²) < 4.78 is 10.4. The minimum atomic E-state index is -0.518. The summed E-state index contributed by atoms with van der Waals surface area (Å²) >= 11 is 0. The van der Waals surface area contributed by atoms with E-state index in [0.29, 0.717) is 23.0 Å². The highest BCUT2D eigenvalue weighted by molar-refractivity contribution is 5.92. The first-order valence-corrected chi connectivity index (χ1v) is 8.90. The lowest BCUT2D eigenvalue weighted by molar-refractivity contribution is -0.114. The van der Waals surface area contributed by atoms with Gasteiger partial charge >= 0.3 is 5.97 Å². The molecule has 28 heavy (non-hydrogen) atoms. The zero-order valence-electron chi connectivity index (χ0n) is 15.9. The Morgan fingerprint density at radius 1 is 1.07 bits per heavy atom. The number of anilines is 1. The van der Waals surface area contributed by atoms with Crippen molar-refractivity contribution in [2.45, 2.75) is 33.3 Å². The topological polar surface area (TPSA) is 94.3 Å². The Hall–Kier alpha value is -3.48. The maximum absolute atomic E-state index is 12.1. The van der Waals surface area contributed by atoms with Crippen molar-refractivity contribution in [3.05, 3.63) is 65.5 Å². The van der Waals surface area contributed by atoms with Gasteiger partial charge in [-0.1, -0.05) is 43.3 Å². The molecule has 0 bridgehead atoms. The van der Waals surface area contributed by atoms with Crippen molar-refractivity contribution in [1.29, 1.82) is 0 Å². The van der Waals surface area contributed by atoms with Crippen molar-refractivity contribution in [2.75, 3.05) is 5.32 Å². The summed E-state index contributed by atoms with van der Waals surface area (Å²) in [7, 11) is 0. The molecule has 1 aromatic heterocycles. The summed E-state index contributed by atoms with van der Waals surface area (Å²) in [5, 5.41) is 6.57. The number of esters is 1. The normalized spacial score (nSPS) is 10.7. The molecule has 0 aliphatic carbocycles. The molecule has 0 atom stereocenters. The molecule has 0 spiro atoms. The van der Waals surface area contributed by atoms with Crippen LogP contribution in [-0.4, -0.2) is 22.0 Å². The lowest BCUT2D eigenvalue weighted by Gasteiger charge is -2.05. The summed E-state index contributed by atoms with van der Waals surface area (Å²) in [6, 6.07) is 14.3. The van der Waals surface area contributed by atoms with Crippen molar-refractivity contribution >= 4 is 17.6 Å². The van der Waals surface area contributed by atoms with E-state index in [4.69, 9.17) is 9.26 Å². The van der Waals surface area contributed by atoms with Crippen molar-refractivity contribution in [3.63, 3.8) is 0 Å². The highest BCUT2D eigenvalue weighted by Gasteiger charge is 2.13. The molecule has 0 saturated carbocycles. The van der Waals surface area contributed by atoms with Crippen LogP contribution in [0.4, 0.5) is 5.69 Å². The van der Waals surface area contributed by atoms with E-state index in [1.165, 1.54) is 12.5 Å². The molecule has 7 heteroatoms. The SMILES string of the molecule is CC(=O)Nc1ccc(C(=O)OCc2nc(-c3ccc(C(C)C)cc3)no2)cc1. The summed E-state index contributed by atoms with van der Waals surface area (Å²) in [4.78, 5) is 27.4. The van der Waals surface area contributed by atoms with E-state index in [9.17, 15) is 9.59 Å². The number of rotatable bonds is 6. The molecule has 2 aromatic carbocycles. The van der Waals surface area contributed by atoms with Gasteiger partial charge in [-0.2, -0.15) is 4.98 Å². The number of nitrogens with one attached hydrogen (secondary N) is 1. The Morgan fingerprint density at radius 2 is 1.75 bits per heavy atom. The average molecular weight is 379 g/mol. The Bertz CT molecular complexity index is 960. The molecule has 0 saturated heterocycles. The molecule has 0 aliphatic heterocycles. The fourth-order valence-corrected chi connectivity index (χ4v) is 2.55. The number of ether oxygens (including phenoxy) is 1. The predicted molar refractivity (Wildman–Crippen MR) is 104 cm³/mol. The van der Waals surface area contributed by atoms with E-state index in [1.807, 2.05) is 24.3 Å². The van der Waals surface area contributed by atoms with Gasteiger partial charge in [0.15, 0.2) is 6.61 Å². The number of carbonyl (C=O) groups excluding carboxylic acids is 2. The first-order chi connectivity index (χ1) is 13.4. The Morgan fingerprint density at radius 3 is 2.36 bits per heavy atom. The van der Waals surface area contributed by atoms with Crippen LogP contribution in [0.3, 0.4) is 0 Å². The van der Waals surface area contributed by atoms with Crippen molar-refractivity contribution in [3.8, 4) is 11.4 Å². The largest absolute Gasteiger partial charge is 0.452 e. The highest BCUT2D eigenvalue weighted by Crippen LogP contribution is 2.21. The molecule has 7 nitrogen and oxygen atoms in total. The van der Waals surface area contributed by atoms with Gasteiger partial charge in [0.25, 0.3) is 5.89 Å². The van der Waals surface area contributed by atoms with Crippen LogP contribution in [0.2, 0.25) is 0 Å². The van der Waals surface area contributed by atoms with E-state index in [2.05, 4.69) is 29.3 Å². The third-order valence-corrected chi connectivity index (χ3v) is 4.07. The molecule has 0 aliphatic rings. The van der Waals surface area contributed by atoms with Crippen LogP contribution in [0.25, 0.3) is 11.4 Å². The maximum atomic E-state index is 12.1. The number of benzene rings is 2.